The molecule has 0 radical (unpaired) electrons. The zero-order valence-electron chi connectivity index (χ0n) is 11.3. The molecular weight excluding hydrogens is 252 g/mol. The molecule has 1 N–H and O–H groups in total. The SMILES string of the molecule is CCS(=O)(=O)CCCC(O)CCC1CCCCO1. The molecule has 0 aromatic heterocycles. The van der Waals surface area contributed by atoms with E-state index in [0.29, 0.717) is 18.9 Å². The Morgan fingerprint density at radius 1 is 1.33 bits per heavy atom. The van der Waals surface area contributed by atoms with Crippen molar-refractivity contribution in [3.05, 3.63) is 0 Å². The molecule has 0 aliphatic carbocycles. The van der Waals surface area contributed by atoms with Crippen molar-refractivity contribution >= 4 is 9.84 Å². The van der Waals surface area contributed by atoms with E-state index in [4.69, 9.17) is 4.74 Å². The Hall–Kier alpha value is -0.130. The molecule has 0 aromatic carbocycles. The molecule has 2 atom stereocenters. The summed E-state index contributed by atoms with van der Waals surface area (Å²) in [5, 5.41) is 9.80. The fraction of sp³-hybridized carbons (Fsp3) is 1.00. The summed E-state index contributed by atoms with van der Waals surface area (Å²) >= 11 is 0. The van der Waals surface area contributed by atoms with Gasteiger partial charge in [-0.1, -0.05) is 6.92 Å². The van der Waals surface area contributed by atoms with Crippen molar-refractivity contribution in [2.45, 2.75) is 64.1 Å². The van der Waals surface area contributed by atoms with Gasteiger partial charge in [0, 0.05) is 12.4 Å². The molecule has 18 heavy (non-hydrogen) atoms. The summed E-state index contributed by atoms with van der Waals surface area (Å²) in [6.07, 6.45) is 6.11. The monoisotopic (exact) mass is 278 g/mol. The lowest BCUT2D eigenvalue weighted by molar-refractivity contribution is 0.00172. The molecule has 1 saturated heterocycles. The molecule has 1 rings (SSSR count). The molecule has 2 unspecified atom stereocenters. The third-order valence-electron chi connectivity index (χ3n) is 3.53. The molecule has 5 heteroatoms. The normalized spacial score (nSPS) is 22.9. The van der Waals surface area contributed by atoms with Crippen molar-refractivity contribution in [2.24, 2.45) is 0 Å². The van der Waals surface area contributed by atoms with E-state index in [9.17, 15) is 13.5 Å². The third-order valence-corrected chi connectivity index (χ3v) is 5.32. The van der Waals surface area contributed by atoms with Crippen LogP contribution in [-0.2, 0) is 14.6 Å². The number of rotatable bonds is 8. The second-order valence-electron chi connectivity index (χ2n) is 5.10. The van der Waals surface area contributed by atoms with Crippen molar-refractivity contribution in [1.29, 1.82) is 0 Å². The quantitative estimate of drug-likeness (QED) is 0.736. The summed E-state index contributed by atoms with van der Waals surface area (Å²) in [6.45, 7) is 2.50. The second-order valence-corrected chi connectivity index (χ2v) is 7.57. The van der Waals surface area contributed by atoms with E-state index in [1.165, 1.54) is 6.42 Å². The molecule has 0 spiro atoms. The van der Waals surface area contributed by atoms with Crippen LogP contribution >= 0.6 is 0 Å². The third kappa shape index (κ3) is 6.71. The first-order valence-electron chi connectivity index (χ1n) is 7.03. The van der Waals surface area contributed by atoms with Crippen LogP contribution in [0.5, 0.6) is 0 Å². The van der Waals surface area contributed by atoms with E-state index >= 15 is 0 Å². The highest BCUT2D eigenvalue weighted by Gasteiger charge is 2.16. The molecule has 0 saturated carbocycles. The van der Waals surface area contributed by atoms with Crippen LogP contribution in [0.4, 0.5) is 0 Å². The van der Waals surface area contributed by atoms with Crippen molar-refractivity contribution in [2.75, 3.05) is 18.1 Å². The van der Waals surface area contributed by atoms with Gasteiger partial charge in [-0.3, -0.25) is 0 Å². The fourth-order valence-corrected chi connectivity index (χ4v) is 3.14. The first kappa shape index (κ1) is 15.9. The summed E-state index contributed by atoms with van der Waals surface area (Å²) < 4.78 is 28.2. The largest absolute Gasteiger partial charge is 0.393 e. The van der Waals surface area contributed by atoms with Gasteiger partial charge in [-0.05, 0) is 44.9 Å². The second kappa shape index (κ2) is 8.12. The van der Waals surface area contributed by atoms with Gasteiger partial charge in [0.05, 0.1) is 18.0 Å². The average molecular weight is 278 g/mol. The number of aliphatic hydroxyl groups excluding tert-OH is 1. The molecule has 0 bridgehead atoms. The number of hydrogen-bond acceptors (Lipinski definition) is 4. The van der Waals surface area contributed by atoms with E-state index in [1.54, 1.807) is 6.92 Å². The van der Waals surface area contributed by atoms with Gasteiger partial charge in [-0.15, -0.1) is 0 Å². The summed E-state index contributed by atoms with van der Waals surface area (Å²) in [5.41, 5.74) is 0. The number of ether oxygens (including phenoxy) is 1. The Balaban J connectivity index is 2.08. The minimum absolute atomic E-state index is 0.193. The Morgan fingerprint density at radius 2 is 2.11 bits per heavy atom. The van der Waals surface area contributed by atoms with Crippen molar-refractivity contribution in [1.82, 2.24) is 0 Å². The standard InChI is InChI=1S/C13H26O4S/c1-2-18(15,16)11-5-6-12(14)8-9-13-7-3-4-10-17-13/h12-14H,2-11H2,1H3. The zero-order valence-corrected chi connectivity index (χ0v) is 12.1. The fourth-order valence-electron chi connectivity index (χ4n) is 2.24. The van der Waals surface area contributed by atoms with E-state index < -0.39 is 9.84 Å². The molecule has 1 aliphatic heterocycles. The first-order valence-corrected chi connectivity index (χ1v) is 8.85. The van der Waals surface area contributed by atoms with Gasteiger partial charge < -0.3 is 9.84 Å². The summed E-state index contributed by atoms with van der Waals surface area (Å²) in [6, 6.07) is 0. The summed E-state index contributed by atoms with van der Waals surface area (Å²) in [5.74, 6) is 0.388. The lowest BCUT2D eigenvalue weighted by Crippen LogP contribution is -2.21. The van der Waals surface area contributed by atoms with Gasteiger partial charge in [-0.2, -0.15) is 0 Å². The minimum Gasteiger partial charge on any atom is -0.393 e. The Labute approximate surface area is 111 Å². The van der Waals surface area contributed by atoms with Gasteiger partial charge in [0.1, 0.15) is 9.84 Å². The first-order chi connectivity index (χ1) is 8.53. The lowest BCUT2D eigenvalue weighted by Gasteiger charge is -2.23. The molecule has 108 valence electrons. The van der Waals surface area contributed by atoms with Crippen LogP contribution in [0.25, 0.3) is 0 Å². The van der Waals surface area contributed by atoms with Crippen LogP contribution in [0.1, 0.15) is 51.9 Å². The van der Waals surface area contributed by atoms with E-state index in [1.807, 2.05) is 0 Å². The molecule has 0 amide bonds. The van der Waals surface area contributed by atoms with Crippen molar-refractivity contribution < 1.29 is 18.3 Å². The Bertz CT molecular complexity index is 307. The summed E-state index contributed by atoms with van der Waals surface area (Å²) in [4.78, 5) is 0. The van der Waals surface area contributed by atoms with Crippen LogP contribution < -0.4 is 0 Å². The molecule has 1 fully saturated rings. The maximum atomic E-state index is 11.3. The molecule has 1 heterocycles. The van der Waals surface area contributed by atoms with E-state index in [2.05, 4.69) is 0 Å². The zero-order chi connectivity index (χ0) is 13.4. The highest BCUT2D eigenvalue weighted by Crippen LogP contribution is 2.18. The maximum absolute atomic E-state index is 11.3. The van der Waals surface area contributed by atoms with Crippen LogP contribution in [0.3, 0.4) is 0 Å². The molecular formula is C13H26O4S. The number of sulfone groups is 1. The lowest BCUT2D eigenvalue weighted by atomic mass is 10.0. The highest BCUT2D eigenvalue weighted by atomic mass is 32.2. The number of hydrogen-bond donors (Lipinski definition) is 1. The number of aliphatic hydroxyl groups is 1. The average Bonchev–Trinajstić information content (AvgIpc) is 2.37. The molecule has 4 nitrogen and oxygen atoms in total. The Kier molecular flexibility index (Phi) is 7.19. The van der Waals surface area contributed by atoms with E-state index in [0.717, 1.165) is 32.3 Å². The van der Waals surface area contributed by atoms with E-state index in [-0.39, 0.29) is 17.6 Å². The van der Waals surface area contributed by atoms with Gasteiger partial charge >= 0.3 is 0 Å². The van der Waals surface area contributed by atoms with Crippen LogP contribution in [0.2, 0.25) is 0 Å². The maximum Gasteiger partial charge on any atom is 0.150 e. The predicted molar refractivity (Wildman–Crippen MR) is 72.4 cm³/mol. The Morgan fingerprint density at radius 3 is 2.72 bits per heavy atom. The van der Waals surface area contributed by atoms with Gasteiger partial charge in [0.15, 0.2) is 0 Å². The van der Waals surface area contributed by atoms with Gasteiger partial charge in [0.25, 0.3) is 0 Å². The topological polar surface area (TPSA) is 63.6 Å². The van der Waals surface area contributed by atoms with Crippen LogP contribution in [0, 0.1) is 0 Å². The molecule has 1 aliphatic rings. The van der Waals surface area contributed by atoms with Crippen molar-refractivity contribution in [3.8, 4) is 0 Å². The summed E-state index contributed by atoms with van der Waals surface area (Å²) in [7, 11) is -2.89. The minimum atomic E-state index is -2.89. The van der Waals surface area contributed by atoms with Crippen LogP contribution in [0.15, 0.2) is 0 Å². The predicted octanol–water partition coefficient (Wildman–Crippen LogP) is 1.91. The van der Waals surface area contributed by atoms with Gasteiger partial charge in [-0.25, -0.2) is 8.42 Å². The van der Waals surface area contributed by atoms with Gasteiger partial charge in [0.2, 0.25) is 0 Å². The highest BCUT2D eigenvalue weighted by molar-refractivity contribution is 7.91. The molecule has 0 aromatic rings. The van der Waals surface area contributed by atoms with Crippen molar-refractivity contribution in [3.63, 3.8) is 0 Å². The smallest absolute Gasteiger partial charge is 0.150 e. The van der Waals surface area contributed by atoms with Crippen LogP contribution in [-0.4, -0.2) is 43.8 Å².